The van der Waals surface area contributed by atoms with Crippen LogP contribution in [0.2, 0.25) is 0 Å². The fourth-order valence-electron chi connectivity index (χ4n) is 1.39. The Morgan fingerprint density at radius 3 is 2.59 bits per heavy atom. The smallest absolute Gasteiger partial charge is 0.219 e. The van der Waals surface area contributed by atoms with Crippen molar-refractivity contribution in [2.24, 2.45) is 0 Å². The highest BCUT2D eigenvalue weighted by Crippen LogP contribution is 2.26. The van der Waals surface area contributed by atoms with Crippen LogP contribution in [0.4, 0.5) is 0 Å². The van der Waals surface area contributed by atoms with E-state index in [4.69, 9.17) is 9.47 Å². The number of pyridine rings is 1. The minimum absolute atomic E-state index is 0.552. The number of benzene rings is 1. The average molecular weight is 294 g/mol. The quantitative estimate of drug-likeness (QED) is 0.858. The van der Waals surface area contributed by atoms with Gasteiger partial charge in [-0.1, -0.05) is 15.9 Å². The molecule has 0 aliphatic carbocycles. The number of nitrogens with zero attached hydrogens (tertiary/aromatic N) is 1. The molecule has 0 aliphatic rings. The van der Waals surface area contributed by atoms with Gasteiger partial charge in [-0.3, -0.25) is 0 Å². The van der Waals surface area contributed by atoms with Crippen LogP contribution in [-0.4, -0.2) is 12.1 Å². The van der Waals surface area contributed by atoms with Crippen LogP contribution < -0.4 is 9.47 Å². The Hall–Kier alpha value is -1.55. The molecule has 0 radical (unpaired) electrons. The molecular weight excluding hydrogens is 282 g/mol. The topological polar surface area (TPSA) is 31.4 Å². The molecule has 0 saturated carbocycles. The van der Waals surface area contributed by atoms with E-state index in [0.29, 0.717) is 11.6 Å². The summed E-state index contributed by atoms with van der Waals surface area (Å²) in [5, 5.41) is 0. The molecule has 0 amide bonds. The van der Waals surface area contributed by atoms with Gasteiger partial charge in [0.25, 0.3) is 0 Å². The van der Waals surface area contributed by atoms with Gasteiger partial charge in [-0.2, -0.15) is 0 Å². The summed E-state index contributed by atoms with van der Waals surface area (Å²) in [5.74, 6) is 2.06. The molecule has 0 aliphatic heterocycles. The monoisotopic (exact) mass is 293 g/mol. The highest BCUT2D eigenvalue weighted by Gasteiger charge is 2.03. The van der Waals surface area contributed by atoms with E-state index in [2.05, 4.69) is 20.9 Å². The number of ether oxygens (including phenoxy) is 2. The lowest BCUT2D eigenvalue weighted by molar-refractivity contribution is 0.407. The van der Waals surface area contributed by atoms with E-state index in [1.54, 1.807) is 19.4 Å². The van der Waals surface area contributed by atoms with Crippen LogP contribution in [-0.2, 0) is 0 Å². The van der Waals surface area contributed by atoms with Crippen molar-refractivity contribution in [1.82, 2.24) is 4.98 Å². The van der Waals surface area contributed by atoms with E-state index in [1.165, 1.54) is 0 Å². The van der Waals surface area contributed by atoms with Gasteiger partial charge in [0, 0.05) is 10.5 Å². The molecule has 0 bridgehead atoms. The average Bonchev–Trinajstić information content (AvgIpc) is 2.34. The summed E-state index contributed by atoms with van der Waals surface area (Å²) < 4.78 is 11.7. The first kappa shape index (κ1) is 11.9. The zero-order valence-corrected chi connectivity index (χ0v) is 11.2. The van der Waals surface area contributed by atoms with Crippen LogP contribution in [0.15, 0.2) is 41.0 Å². The Morgan fingerprint density at radius 2 is 2.00 bits per heavy atom. The van der Waals surface area contributed by atoms with E-state index >= 15 is 0 Å². The molecule has 88 valence electrons. The molecule has 2 rings (SSSR count). The second-order valence-corrected chi connectivity index (χ2v) is 4.46. The number of aryl methyl sites for hydroxylation is 1. The van der Waals surface area contributed by atoms with Crippen LogP contribution in [0.1, 0.15) is 5.56 Å². The van der Waals surface area contributed by atoms with E-state index in [1.807, 2.05) is 31.2 Å². The molecule has 1 aromatic carbocycles. The van der Waals surface area contributed by atoms with Gasteiger partial charge in [-0.15, -0.1) is 0 Å². The van der Waals surface area contributed by atoms with Gasteiger partial charge in [-0.25, -0.2) is 4.98 Å². The largest absolute Gasteiger partial charge is 0.495 e. The Labute approximate surface area is 109 Å². The Kier molecular flexibility index (Phi) is 3.64. The molecule has 4 heteroatoms. The van der Waals surface area contributed by atoms with Crippen molar-refractivity contribution < 1.29 is 9.47 Å². The molecular formula is C13H12BrNO2. The second-order valence-electron chi connectivity index (χ2n) is 3.55. The third kappa shape index (κ3) is 2.97. The second kappa shape index (κ2) is 5.19. The maximum atomic E-state index is 5.68. The van der Waals surface area contributed by atoms with E-state index in [-0.39, 0.29) is 0 Å². The first-order valence-corrected chi connectivity index (χ1v) is 5.92. The lowest BCUT2D eigenvalue weighted by atomic mass is 10.2. The lowest BCUT2D eigenvalue weighted by Gasteiger charge is -2.08. The maximum absolute atomic E-state index is 5.68. The molecule has 3 nitrogen and oxygen atoms in total. The minimum atomic E-state index is 0.552. The summed E-state index contributed by atoms with van der Waals surface area (Å²) in [6, 6.07) is 9.44. The van der Waals surface area contributed by atoms with E-state index < -0.39 is 0 Å². The molecule has 1 aromatic heterocycles. The van der Waals surface area contributed by atoms with Crippen LogP contribution in [0.3, 0.4) is 0 Å². The van der Waals surface area contributed by atoms with E-state index in [0.717, 1.165) is 15.8 Å². The highest BCUT2D eigenvalue weighted by molar-refractivity contribution is 9.10. The Morgan fingerprint density at radius 1 is 1.18 bits per heavy atom. The van der Waals surface area contributed by atoms with Gasteiger partial charge in [0.15, 0.2) is 0 Å². The van der Waals surface area contributed by atoms with Gasteiger partial charge in [0.2, 0.25) is 5.88 Å². The summed E-state index contributed by atoms with van der Waals surface area (Å²) in [6.07, 6.45) is 1.63. The lowest BCUT2D eigenvalue weighted by Crippen LogP contribution is -1.91. The maximum Gasteiger partial charge on any atom is 0.219 e. The van der Waals surface area contributed by atoms with Crippen molar-refractivity contribution in [2.45, 2.75) is 6.92 Å². The Balaban J connectivity index is 2.19. The van der Waals surface area contributed by atoms with Crippen LogP contribution >= 0.6 is 15.9 Å². The molecule has 0 N–H and O–H groups in total. The third-order valence-corrected chi connectivity index (χ3v) is 2.79. The SMILES string of the molecule is COc1ccc(Oc2ccc(Br)cc2C)nc1. The molecule has 2 aromatic rings. The predicted molar refractivity (Wildman–Crippen MR) is 69.7 cm³/mol. The number of aromatic nitrogens is 1. The zero-order valence-electron chi connectivity index (χ0n) is 9.61. The summed E-state index contributed by atoms with van der Waals surface area (Å²) in [7, 11) is 1.61. The number of halogens is 1. The number of methoxy groups -OCH3 is 1. The van der Waals surface area contributed by atoms with Crippen molar-refractivity contribution in [3.05, 3.63) is 46.6 Å². The minimum Gasteiger partial charge on any atom is -0.495 e. The summed E-state index contributed by atoms with van der Waals surface area (Å²) in [5.41, 5.74) is 1.05. The summed E-state index contributed by atoms with van der Waals surface area (Å²) in [6.45, 7) is 1.99. The molecule has 0 saturated heterocycles. The van der Waals surface area contributed by atoms with Gasteiger partial charge >= 0.3 is 0 Å². The standard InChI is InChI=1S/C13H12BrNO2/c1-9-7-10(14)3-5-12(9)17-13-6-4-11(16-2)8-15-13/h3-8H,1-2H3. The number of hydrogen-bond donors (Lipinski definition) is 0. The zero-order chi connectivity index (χ0) is 12.3. The van der Waals surface area contributed by atoms with Crippen molar-refractivity contribution in [2.75, 3.05) is 7.11 Å². The molecule has 0 atom stereocenters. The fourth-order valence-corrected chi connectivity index (χ4v) is 1.86. The molecule has 17 heavy (non-hydrogen) atoms. The molecule has 0 spiro atoms. The van der Waals surface area contributed by atoms with Crippen molar-refractivity contribution >= 4 is 15.9 Å². The van der Waals surface area contributed by atoms with Gasteiger partial charge in [0.05, 0.1) is 13.3 Å². The summed E-state index contributed by atoms with van der Waals surface area (Å²) in [4.78, 5) is 4.15. The van der Waals surface area contributed by atoms with Crippen molar-refractivity contribution in [3.63, 3.8) is 0 Å². The fraction of sp³-hybridized carbons (Fsp3) is 0.154. The first-order valence-electron chi connectivity index (χ1n) is 5.13. The van der Waals surface area contributed by atoms with Gasteiger partial charge < -0.3 is 9.47 Å². The molecule has 0 fully saturated rings. The van der Waals surface area contributed by atoms with Crippen LogP contribution in [0.25, 0.3) is 0 Å². The number of rotatable bonds is 3. The first-order chi connectivity index (χ1) is 8.19. The van der Waals surface area contributed by atoms with Crippen molar-refractivity contribution in [3.8, 4) is 17.4 Å². The third-order valence-electron chi connectivity index (χ3n) is 2.30. The number of hydrogen-bond acceptors (Lipinski definition) is 3. The van der Waals surface area contributed by atoms with Gasteiger partial charge in [-0.05, 0) is 36.8 Å². The van der Waals surface area contributed by atoms with Gasteiger partial charge in [0.1, 0.15) is 11.5 Å². The normalized spacial score (nSPS) is 10.1. The highest BCUT2D eigenvalue weighted by atomic mass is 79.9. The van der Waals surface area contributed by atoms with Crippen LogP contribution in [0.5, 0.6) is 17.4 Å². The van der Waals surface area contributed by atoms with Crippen LogP contribution in [0, 0.1) is 6.92 Å². The molecule has 0 unspecified atom stereocenters. The molecule has 1 heterocycles. The Bertz CT molecular complexity index is 511. The predicted octanol–water partition coefficient (Wildman–Crippen LogP) is 3.95. The van der Waals surface area contributed by atoms with E-state index in [9.17, 15) is 0 Å². The summed E-state index contributed by atoms with van der Waals surface area (Å²) >= 11 is 3.41. The van der Waals surface area contributed by atoms with Crippen molar-refractivity contribution in [1.29, 1.82) is 0 Å².